The highest BCUT2D eigenvalue weighted by Crippen LogP contribution is 2.19. The summed E-state index contributed by atoms with van der Waals surface area (Å²) in [6.07, 6.45) is 0. The van der Waals surface area contributed by atoms with Crippen molar-refractivity contribution >= 4 is 23.4 Å². The number of hydrogen-bond donors (Lipinski definition) is 1. The largest absolute Gasteiger partial charge is 0.361 e. The Hall–Kier alpha value is -2.97. The fourth-order valence-electron chi connectivity index (χ4n) is 2.49. The lowest BCUT2D eigenvalue weighted by Gasteiger charge is -2.05. The van der Waals surface area contributed by atoms with E-state index in [0.717, 1.165) is 33.8 Å². The van der Waals surface area contributed by atoms with Gasteiger partial charge in [0.25, 0.3) is 0 Å². The summed E-state index contributed by atoms with van der Waals surface area (Å²) in [5, 5.41) is 6.85. The average Bonchev–Trinajstić information content (AvgIpc) is 2.99. The van der Waals surface area contributed by atoms with Crippen molar-refractivity contribution in [1.82, 2.24) is 5.16 Å². The van der Waals surface area contributed by atoms with Gasteiger partial charge in [-0.3, -0.25) is 4.79 Å². The molecule has 136 valence electrons. The van der Waals surface area contributed by atoms with Gasteiger partial charge in [0.2, 0.25) is 5.91 Å². The van der Waals surface area contributed by atoms with Crippen molar-refractivity contribution in [2.75, 3.05) is 11.1 Å². The maximum atomic E-state index is 12.2. The highest BCUT2D eigenvalue weighted by molar-refractivity contribution is 7.99. The molecule has 2 aromatic carbocycles. The maximum absolute atomic E-state index is 12.2. The molecule has 0 unspecified atom stereocenters. The van der Waals surface area contributed by atoms with E-state index >= 15 is 0 Å². The van der Waals surface area contributed by atoms with Crippen LogP contribution in [0.5, 0.6) is 0 Å². The molecule has 0 radical (unpaired) electrons. The van der Waals surface area contributed by atoms with Gasteiger partial charge < -0.3 is 9.84 Å². The van der Waals surface area contributed by atoms with Crippen LogP contribution in [0.4, 0.5) is 5.69 Å². The Morgan fingerprint density at radius 1 is 1.07 bits per heavy atom. The van der Waals surface area contributed by atoms with E-state index < -0.39 is 0 Å². The van der Waals surface area contributed by atoms with E-state index in [0.29, 0.717) is 11.5 Å². The first kappa shape index (κ1) is 18.8. The van der Waals surface area contributed by atoms with E-state index in [1.54, 1.807) is 0 Å². The van der Waals surface area contributed by atoms with Crippen molar-refractivity contribution in [3.8, 4) is 11.8 Å². The molecule has 0 aliphatic carbocycles. The maximum Gasteiger partial charge on any atom is 0.234 e. The Kier molecular flexibility index (Phi) is 6.35. The minimum Gasteiger partial charge on any atom is -0.361 e. The van der Waals surface area contributed by atoms with Crippen LogP contribution in [0.3, 0.4) is 0 Å². The number of thioether (sulfide) groups is 1. The summed E-state index contributed by atoms with van der Waals surface area (Å²) in [4.78, 5) is 12.2. The first-order valence-corrected chi connectivity index (χ1v) is 9.74. The smallest absolute Gasteiger partial charge is 0.234 e. The van der Waals surface area contributed by atoms with E-state index in [9.17, 15) is 4.79 Å². The van der Waals surface area contributed by atoms with Gasteiger partial charge in [-0.1, -0.05) is 41.3 Å². The van der Waals surface area contributed by atoms with E-state index in [-0.39, 0.29) is 5.91 Å². The summed E-state index contributed by atoms with van der Waals surface area (Å²) in [5.41, 5.74) is 4.51. The number of nitrogens with one attached hydrogen (secondary N) is 1. The topological polar surface area (TPSA) is 55.1 Å². The third kappa shape index (κ3) is 5.50. The highest BCUT2D eigenvalue weighted by atomic mass is 32.2. The molecule has 1 heterocycles. The first-order valence-electron chi connectivity index (χ1n) is 8.58. The molecule has 0 bridgehead atoms. The molecule has 0 aliphatic rings. The minimum absolute atomic E-state index is 0.0417. The summed E-state index contributed by atoms with van der Waals surface area (Å²) in [6.45, 7) is 3.80. The Morgan fingerprint density at radius 2 is 1.81 bits per heavy atom. The fraction of sp³-hybridized carbons (Fsp3) is 0.182. The third-order valence-electron chi connectivity index (χ3n) is 3.93. The average molecular weight is 376 g/mol. The van der Waals surface area contributed by atoms with Crippen LogP contribution in [0.15, 0.2) is 59.1 Å². The van der Waals surface area contributed by atoms with Gasteiger partial charge in [-0.05, 0) is 44.2 Å². The second kappa shape index (κ2) is 9.11. The van der Waals surface area contributed by atoms with Gasteiger partial charge in [-0.25, -0.2) is 0 Å². The fourth-order valence-corrected chi connectivity index (χ4v) is 3.47. The van der Waals surface area contributed by atoms with Crippen LogP contribution < -0.4 is 5.32 Å². The quantitative estimate of drug-likeness (QED) is 0.663. The van der Waals surface area contributed by atoms with Crippen LogP contribution >= 0.6 is 11.8 Å². The summed E-state index contributed by atoms with van der Waals surface area (Å²) >= 11 is 1.54. The Labute approximate surface area is 163 Å². The summed E-state index contributed by atoms with van der Waals surface area (Å²) in [5.74, 6) is 8.08. The SMILES string of the molecule is Cc1noc(C)c1CSCC(=O)Nc1cccc(C#Cc2ccccc2)c1. The van der Waals surface area contributed by atoms with Crippen molar-refractivity contribution in [2.45, 2.75) is 19.6 Å². The van der Waals surface area contributed by atoms with Gasteiger partial charge in [0, 0.05) is 28.1 Å². The van der Waals surface area contributed by atoms with E-state index in [1.807, 2.05) is 68.4 Å². The number of rotatable bonds is 5. The van der Waals surface area contributed by atoms with Crippen LogP contribution in [-0.2, 0) is 10.5 Å². The highest BCUT2D eigenvalue weighted by Gasteiger charge is 2.10. The van der Waals surface area contributed by atoms with Crippen molar-refractivity contribution in [3.05, 3.63) is 82.7 Å². The number of aromatic nitrogens is 1. The third-order valence-corrected chi connectivity index (χ3v) is 4.89. The molecule has 0 saturated carbocycles. The second-order valence-corrected chi connectivity index (χ2v) is 7.03. The Morgan fingerprint density at radius 3 is 2.56 bits per heavy atom. The molecule has 4 nitrogen and oxygen atoms in total. The lowest BCUT2D eigenvalue weighted by atomic mass is 10.1. The van der Waals surface area contributed by atoms with Crippen molar-refractivity contribution in [1.29, 1.82) is 0 Å². The number of aryl methyl sites for hydroxylation is 2. The molecule has 0 aliphatic heterocycles. The zero-order chi connectivity index (χ0) is 19.1. The Bertz CT molecular complexity index is 965. The lowest BCUT2D eigenvalue weighted by molar-refractivity contribution is -0.113. The zero-order valence-corrected chi connectivity index (χ0v) is 16.1. The monoisotopic (exact) mass is 376 g/mol. The number of hydrogen-bond acceptors (Lipinski definition) is 4. The predicted octanol–water partition coefficient (Wildman–Crippen LogP) is 4.56. The van der Waals surface area contributed by atoms with Gasteiger partial charge in [-0.2, -0.15) is 0 Å². The van der Waals surface area contributed by atoms with Crippen molar-refractivity contribution < 1.29 is 9.32 Å². The Balaban J connectivity index is 1.54. The van der Waals surface area contributed by atoms with Gasteiger partial charge in [0.15, 0.2) is 0 Å². The van der Waals surface area contributed by atoms with E-state index in [2.05, 4.69) is 22.3 Å². The molecule has 0 saturated heterocycles. The molecule has 1 aromatic heterocycles. The zero-order valence-electron chi connectivity index (χ0n) is 15.3. The number of benzene rings is 2. The molecule has 3 rings (SSSR count). The summed E-state index contributed by atoms with van der Waals surface area (Å²) < 4.78 is 5.14. The molecule has 5 heteroatoms. The van der Waals surface area contributed by atoms with E-state index in [4.69, 9.17) is 4.52 Å². The molecule has 1 amide bonds. The van der Waals surface area contributed by atoms with Gasteiger partial charge in [-0.15, -0.1) is 11.8 Å². The molecule has 3 aromatic rings. The van der Waals surface area contributed by atoms with Crippen LogP contribution in [0.1, 0.15) is 28.1 Å². The van der Waals surface area contributed by atoms with E-state index in [1.165, 1.54) is 11.8 Å². The molecule has 0 fully saturated rings. The molecule has 27 heavy (non-hydrogen) atoms. The second-order valence-electron chi connectivity index (χ2n) is 6.04. The number of anilines is 1. The molecule has 0 spiro atoms. The van der Waals surface area contributed by atoms with Crippen molar-refractivity contribution in [2.24, 2.45) is 0 Å². The van der Waals surface area contributed by atoms with Crippen LogP contribution in [0, 0.1) is 25.7 Å². The normalized spacial score (nSPS) is 10.1. The van der Waals surface area contributed by atoms with Crippen molar-refractivity contribution in [3.63, 3.8) is 0 Å². The summed E-state index contributed by atoms with van der Waals surface area (Å²) in [6, 6.07) is 17.4. The number of carbonyl (C=O) groups is 1. The predicted molar refractivity (Wildman–Crippen MR) is 110 cm³/mol. The molecular weight excluding hydrogens is 356 g/mol. The van der Waals surface area contributed by atoms with Gasteiger partial charge in [0.05, 0.1) is 11.4 Å². The number of carbonyl (C=O) groups excluding carboxylic acids is 1. The number of nitrogens with zero attached hydrogens (tertiary/aromatic N) is 1. The van der Waals surface area contributed by atoms with Crippen LogP contribution in [0.25, 0.3) is 0 Å². The van der Waals surface area contributed by atoms with Gasteiger partial charge >= 0.3 is 0 Å². The van der Waals surface area contributed by atoms with Gasteiger partial charge in [0.1, 0.15) is 5.76 Å². The molecule has 0 atom stereocenters. The standard InChI is InChI=1S/C22H20N2O2S/c1-16-21(17(2)26-24-16)14-27-15-22(25)23-20-10-6-9-19(13-20)12-11-18-7-4-3-5-8-18/h3-10,13H,14-15H2,1-2H3,(H,23,25). The minimum atomic E-state index is -0.0417. The summed E-state index contributed by atoms with van der Waals surface area (Å²) in [7, 11) is 0. The molecule has 1 N–H and O–H groups in total. The number of amides is 1. The molecular formula is C22H20N2O2S. The lowest BCUT2D eigenvalue weighted by Crippen LogP contribution is -2.14. The van der Waals surface area contributed by atoms with Crippen LogP contribution in [-0.4, -0.2) is 16.8 Å². The first-order chi connectivity index (χ1) is 13.1. The van der Waals surface area contributed by atoms with Crippen LogP contribution in [0.2, 0.25) is 0 Å².